The maximum atomic E-state index is 12.3. The monoisotopic (exact) mass is 280 g/mol. The molecule has 3 fully saturated rings. The van der Waals surface area contributed by atoms with E-state index in [9.17, 15) is 14.7 Å². The first-order chi connectivity index (χ1) is 9.55. The van der Waals surface area contributed by atoms with Crippen LogP contribution in [-0.2, 0) is 4.79 Å². The van der Waals surface area contributed by atoms with Crippen LogP contribution in [0.3, 0.4) is 0 Å². The maximum absolute atomic E-state index is 12.3. The van der Waals surface area contributed by atoms with Gasteiger partial charge in [-0.05, 0) is 50.4 Å². The molecule has 2 N–H and O–H groups in total. The SMILES string of the molecule is O=C(NC1(C(=O)O)CCC1)N1CCC2(CCCC2)CC1. The molecule has 1 spiro atoms. The Morgan fingerprint density at radius 1 is 0.900 bits per heavy atom. The van der Waals surface area contributed by atoms with Gasteiger partial charge >= 0.3 is 12.0 Å². The minimum atomic E-state index is -0.987. The fourth-order valence-corrected chi connectivity index (χ4v) is 4.02. The van der Waals surface area contributed by atoms with E-state index in [1.54, 1.807) is 0 Å². The van der Waals surface area contributed by atoms with Gasteiger partial charge in [-0.2, -0.15) is 0 Å². The Labute approximate surface area is 119 Å². The number of aliphatic carboxylic acids is 1. The summed E-state index contributed by atoms with van der Waals surface area (Å²) in [5.74, 6) is -0.888. The lowest BCUT2D eigenvalue weighted by molar-refractivity contribution is -0.148. The smallest absolute Gasteiger partial charge is 0.329 e. The van der Waals surface area contributed by atoms with E-state index in [1.807, 2.05) is 4.90 Å². The van der Waals surface area contributed by atoms with E-state index in [1.165, 1.54) is 25.7 Å². The molecule has 0 aromatic rings. The number of carbonyl (C=O) groups is 2. The fourth-order valence-electron chi connectivity index (χ4n) is 4.02. The zero-order valence-corrected chi connectivity index (χ0v) is 12.0. The molecule has 2 saturated carbocycles. The van der Waals surface area contributed by atoms with E-state index < -0.39 is 11.5 Å². The number of piperidine rings is 1. The maximum Gasteiger partial charge on any atom is 0.329 e. The highest BCUT2D eigenvalue weighted by Crippen LogP contribution is 2.46. The fraction of sp³-hybridized carbons (Fsp3) is 0.867. The van der Waals surface area contributed by atoms with Crippen molar-refractivity contribution in [3.63, 3.8) is 0 Å². The molecule has 2 aliphatic carbocycles. The van der Waals surface area contributed by atoms with E-state index in [0.29, 0.717) is 18.3 Å². The molecule has 0 unspecified atom stereocenters. The van der Waals surface area contributed by atoms with E-state index >= 15 is 0 Å². The largest absolute Gasteiger partial charge is 0.480 e. The lowest BCUT2D eigenvalue weighted by Crippen LogP contribution is -2.62. The molecule has 1 heterocycles. The number of urea groups is 1. The number of nitrogens with zero attached hydrogens (tertiary/aromatic N) is 1. The van der Waals surface area contributed by atoms with E-state index in [4.69, 9.17) is 0 Å². The first kappa shape index (κ1) is 13.7. The predicted octanol–water partition coefficient (Wildman–Crippen LogP) is 2.36. The van der Waals surface area contributed by atoms with Crippen molar-refractivity contribution >= 4 is 12.0 Å². The standard InChI is InChI=1S/C15H24N2O3/c18-12(19)15(6-3-7-15)16-13(20)17-10-8-14(9-11-17)4-1-2-5-14/h1-11H2,(H,16,20)(H,18,19). The van der Waals surface area contributed by atoms with Gasteiger partial charge < -0.3 is 15.3 Å². The summed E-state index contributed by atoms with van der Waals surface area (Å²) in [4.78, 5) is 25.4. The molecule has 0 atom stereocenters. The van der Waals surface area contributed by atoms with E-state index in [0.717, 1.165) is 32.4 Å². The van der Waals surface area contributed by atoms with Gasteiger partial charge in [-0.3, -0.25) is 0 Å². The average molecular weight is 280 g/mol. The van der Waals surface area contributed by atoms with Gasteiger partial charge in [0.1, 0.15) is 5.54 Å². The Kier molecular flexibility index (Phi) is 3.38. The number of hydrogen-bond acceptors (Lipinski definition) is 2. The molecular weight excluding hydrogens is 256 g/mol. The molecule has 5 heteroatoms. The number of hydrogen-bond donors (Lipinski definition) is 2. The van der Waals surface area contributed by atoms with Crippen LogP contribution in [-0.4, -0.2) is 40.6 Å². The van der Waals surface area contributed by atoms with Crippen molar-refractivity contribution in [3.8, 4) is 0 Å². The number of amides is 2. The highest BCUT2D eigenvalue weighted by Gasteiger charge is 2.47. The molecule has 0 aromatic heterocycles. The minimum absolute atomic E-state index is 0.181. The predicted molar refractivity (Wildman–Crippen MR) is 74.5 cm³/mol. The summed E-state index contributed by atoms with van der Waals surface area (Å²) >= 11 is 0. The second-order valence-corrected chi connectivity index (χ2v) is 6.87. The van der Waals surface area contributed by atoms with E-state index in [-0.39, 0.29) is 6.03 Å². The number of carboxylic acid groups (broad SMARTS) is 1. The topological polar surface area (TPSA) is 69.6 Å². The number of rotatable bonds is 2. The van der Waals surface area contributed by atoms with Gasteiger partial charge in [-0.25, -0.2) is 9.59 Å². The van der Waals surface area contributed by atoms with Crippen LogP contribution in [0.4, 0.5) is 4.79 Å². The van der Waals surface area contributed by atoms with Gasteiger partial charge in [-0.1, -0.05) is 12.8 Å². The van der Waals surface area contributed by atoms with Crippen LogP contribution in [0.25, 0.3) is 0 Å². The second kappa shape index (κ2) is 4.93. The third-order valence-corrected chi connectivity index (χ3v) is 5.74. The molecule has 1 aliphatic heterocycles. The molecule has 20 heavy (non-hydrogen) atoms. The van der Waals surface area contributed by atoms with Crippen molar-refractivity contribution < 1.29 is 14.7 Å². The van der Waals surface area contributed by atoms with Crippen LogP contribution in [0, 0.1) is 5.41 Å². The molecule has 0 radical (unpaired) electrons. The molecule has 1 saturated heterocycles. The normalized spacial score (nSPS) is 27.1. The molecule has 3 aliphatic rings. The average Bonchev–Trinajstić information content (AvgIpc) is 2.82. The number of likely N-dealkylation sites (tertiary alicyclic amines) is 1. The Morgan fingerprint density at radius 3 is 1.95 bits per heavy atom. The highest BCUT2D eigenvalue weighted by atomic mass is 16.4. The quantitative estimate of drug-likeness (QED) is 0.815. The van der Waals surface area contributed by atoms with Crippen LogP contribution < -0.4 is 5.32 Å². The van der Waals surface area contributed by atoms with Crippen LogP contribution in [0.1, 0.15) is 57.8 Å². The van der Waals surface area contributed by atoms with Crippen molar-refractivity contribution in [2.75, 3.05) is 13.1 Å². The number of nitrogens with one attached hydrogen (secondary N) is 1. The minimum Gasteiger partial charge on any atom is -0.480 e. The summed E-state index contributed by atoms with van der Waals surface area (Å²) in [5.41, 5.74) is -0.503. The molecule has 3 rings (SSSR count). The third kappa shape index (κ3) is 2.27. The van der Waals surface area contributed by atoms with Gasteiger partial charge in [0.25, 0.3) is 0 Å². The third-order valence-electron chi connectivity index (χ3n) is 5.74. The zero-order chi connectivity index (χ0) is 14.2. The summed E-state index contributed by atoms with van der Waals surface area (Å²) in [6.45, 7) is 1.56. The van der Waals surface area contributed by atoms with Crippen LogP contribution >= 0.6 is 0 Å². The molecular formula is C15H24N2O3. The summed E-state index contributed by atoms with van der Waals surface area (Å²) in [6, 6.07) is -0.181. The molecule has 2 amide bonds. The van der Waals surface area contributed by atoms with Gasteiger partial charge in [0.15, 0.2) is 0 Å². The highest BCUT2D eigenvalue weighted by molar-refractivity contribution is 5.87. The molecule has 112 valence electrons. The van der Waals surface area contributed by atoms with Crippen LogP contribution in [0.5, 0.6) is 0 Å². The van der Waals surface area contributed by atoms with Crippen LogP contribution in [0.15, 0.2) is 0 Å². The van der Waals surface area contributed by atoms with Gasteiger partial charge in [0.05, 0.1) is 0 Å². The summed E-state index contributed by atoms with van der Waals surface area (Å²) in [5, 5.41) is 12.0. The van der Waals surface area contributed by atoms with Crippen molar-refractivity contribution in [1.82, 2.24) is 10.2 Å². The molecule has 0 bridgehead atoms. The molecule has 5 nitrogen and oxygen atoms in total. The number of carbonyl (C=O) groups excluding carboxylic acids is 1. The summed E-state index contributed by atoms with van der Waals surface area (Å²) < 4.78 is 0. The first-order valence-corrected chi connectivity index (χ1v) is 7.86. The lowest BCUT2D eigenvalue weighted by Gasteiger charge is -2.43. The number of carboxylic acids is 1. The summed E-state index contributed by atoms with van der Waals surface area (Å²) in [6.07, 6.45) is 9.44. The lowest BCUT2D eigenvalue weighted by atomic mass is 9.76. The van der Waals surface area contributed by atoms with Crippen molar-refractivity contribution in [1.29, 1.82) is 0 Å². The van der Waals surface area contributed by atoms with Gasteiger partial charge in [0, 0.05) is 13.1 Å². The Hall–Kier alpha value is -1.26. The van der Waals surface area contributed by atoms with Crippen molar-refractivity contribution in [3.05, 3.63) is 0 Å². The van der Waals surface area contributed by atoms with Crippen molar-refractivity contribution in [2.24, 2.45) is 5.41 Å². The Morgan fingerprint density at radius 2 is 1.50 bits per heavy atom. The second-order valence-electron chi connectivity index (χ2n) is 6.87. The Bertz CT molecular complexity index is 401. The molecule has 0 aromatic carbocycles. The first-order valence-electron chi connectivity index (χ1n) is 7.86. The zero-order valence-electron chi connectivity index (χ0n) is 12.0. The van der Waals surface area contributed by atoms with Crippen LogP contribution in [0.2, 0.25) is 0 Å². The Balaban J connectivity index is 1.55. The summed E-state index contributed by atoms with van der Waals surface area (Å²) in [7, 11) is 0. The van der Waals surface area contributed by atoms with Gasteiger partial charge in [-0.15, -0.1) is 0 Å². The van der Waals surface area contributed by atoms with Gasteiger partial charge in [0.2, 0.25) is 0 Å². The van der Waals surface area contributed by atoms with Crippen molar-refractivity contribution in [2.45, 2.75) is 63.3 Å². The van der Waals surface area contributed by atoms with E-state index in [2.05, 4.69) is 5.32 Å².